The second-order valence-electron chi connectivity index (χ2n) is 4.79. The number of amides is 1. The fraction of sp³-hybridized carbons (Fsp3) is 0.500. The molecule has 1 heterocycles. The summed E-state index contributed by atoms with van der Waals surface area (Å²) >= 11 is 0. The van der Waals surface area contributed by atoms with E-state index >= 15 is 0 Å². The van der Waals surface area contributed by atoms with Crippen molar-refractivity contribution >= 4 is 11.6 Å². The van der Waals surface area contributed by atoms with E-state index in [-0.39, 0.29) is 11.9 Å². The predicted octanol–water partition coefficient (Wildman–Crippen LogP) is 2.55. The lowest BCUT2D eigenvalue weighted by Gasteiger charge is -2.22. The second kappa shape index (κ2) is 4.78. The van der Waals surface area contributed by atoms with E-state index in [9.17, 15) is 4.79 Å². The summed E-state index contributed by atoms with van der Waals surface area (Å²) in [5.74, 6) is 0.195. The van der Waals surface area contributed by atoms with Crippen LogP contribution in [0, 0.1) is 6.92 Å². The summed E-state index contributed by atoms with van der Waals surface area (Å²) in [5.41, 5.74) is 3.55. The van der Waals surface area contributed by atoms with E-state index < -0.39 is 0 Å². The molecule has 1 unspecified atom stereocenters. The molecular weight excluding hydrogens is 212 g/mol. The van der Waals surface area contributed by atoms with Gasteiger partial charge in [0.15, 0.2) is 0 Å². The van der Waals surface area contributed by atoms with Crippen LogP contribution in [0.4, 0.5) is 5.69 Å². The first-order chi connectivity index (χ1) is 8.11. The molecule has 17 heavy (non-hydrogen) atoms. The zero-order valence-electron chi connectivity index (χ0n) is 10.8. The van der Waals surface area contributed by atoms with Crippen molar-refractivity contribution in [3.63, 3.8) is 0 Å². The van der Waals surface area contributed by atoms with Gasteiger partial charge in [-0.2, -0.15) is 0 Å². The molecule has 3 heteroatoms. The number of hydrogen-bond acceptors (Lipinski definition) is 2. The third kappa shape index (κ3) is 2.43. The Labute approximate surface area is 103 Å². The summed E-state index contributed by atoms with van der Waals surface area (Å²) in [6, 6.07) is 6.18. The Kier molecular flexibility index (Phi) is 3.36. The van der Waals surface area contributed by atoms with E-state index in [0.717, 1.165) is 25.2 Å². The van der Waals surface area contributed by atoms with E-state index in [1.807, 2.05) is 11.8 Å². The molecule has 0 aromatic heterocycles. The first-order valence-electron chi connectivity index (χ1n) is 6.26. The maximum atomic E-state index is 12.2. The van der Waals surface area contributed by atoms with Gasteiger partial charge in [0.05, 0.1) is 0 Å². The Morgan fingerprint density at radius 3 is 2.94 bits per heavy atom. The number of hydrogen-bond donors (Lipinski definition) is 1. The van der Waals surface area contributed by atoms with Crippen LogP contribution in [0.5, 0.6) is 0 Å². The molecule has 2 rings (SSSR count). The third-order valence-electron chi connectivity index (χ3n) is 3.17. The van der Waals surface area contributed by atoms with Crippen molar-refractivity contribution in [1.82, 2.24) is 4.90 Å². The summed E-state index contributed by atoms with van der Waals surface area (Å²) < 4.78 is 0. The standard InChI is InChI=1S/C14H20N2O/c1-4-7-16-9-12-8-10(2)5-6-13(12)15-11(3)14(16)17/h5-6,8,11,15H,4,7,9H2,1-3H3. The van der Waals surface area contributed by atoms with Gasteiger partial charge in [-0.1, -0.05) is 24.6 Å². The molecule has 1 atom stereocenters. The van der Waals surface area contributed by atoms with Crippen molar-refractivity contribution in [2.75, 3.05) is 11.9 Å². The summed E-state index contributed by atoms with van der Waals surface area (Å²) in [6.07, 6.45) is 1.000. The lowest BCUT2D eigenvalue weighted by molar-refractivity contribution is -0.132. The van der Waals surface area contributed by atoms with Gasteiger partial charge in [-0.3, -0.25) is 4.79 Å². The van der Waals surface area contributed by atoms with Gasteiger partial charge < -0.3 is 10.2 Å². The van der Waals surface area contributed by atoms with Gasteiger partial charge in [-0.05, 0) is 31.9 Å². The van der Waals surface area contributed by atoms with Crippen molar-refractivity contribution in [3.05, 3.63) is 29.3 Å². The van der Waals surface area contributed by atoms with Gasteiger partial charge >= 0.3 is 0 Å². The van der Waals surface area contributed by atoms with Gasteiger partial charge in [0.25, 0.3) is 0 Å². The molecule has 0 bridgehead atoms. The van der Waals surface area contributed by atoms with E-state index in [0.29, 0.717) is 0 Å². The van der Waals surface area contributed by atoms with Gasteiger partial charge in [0.2, 0.25) is 5.91 Å². The highest BCUT2D eigenvalue weighted by Gasteiger charge is 2.25. The van der Waals surface area contributed by atoms with Gasteiger partial charge in [-0.25, -0.2) is 0 Å². The van der Waals surface area contributed by atoms with Crippen LogP contribution in [0.1, 0.15) is 31.4 Å². The van der Waals surface area contributed by atoms with Gasteiger partial charge in [0.1, 0.15) is 6.04 Å². The Morgan fingerprint density at radius 2 is 2.24 bits per heavy atom. The fourth-order valence-corrected chi connectivity index (χ4v) is 2.31. The van der Waals surface area contributed by atoms with Crippen LogP contribution >= 0.6 is 0 Å². The SMILES string of the molecule is CCCN1Cc2cc(C)ccc2NC(C)C1=O. The van der Waals surface area contributed by atoms with Crippen molar-refractivity contribution in [2.45, 2.75) is 39.8 Å². The van der Waals surface area contributed by atoms with E-state index in [2.05, 4.69) is 37.4 Å². The molecule has 0 spiro atoms. The van der Waals surface area contributed by atoms with Crippen LogP contribution in [-0.4, -0.2) is 23.4 Å². The summed E-state index contributed by atoms with van der Waals surface area (Å²) in [6.45, 7) is 7.67. The Morgan fingerprint density at radius 1 is 1.47 bits per heavy atom. The van der Waals surface area contributed by atoms with Crippen LogP contribution in [0.25, 0.3) is 0 Å². The minimum atomic E-state index is -0.134. The molecule has 1 amide bonds. The van der Waals surface area contributed by atoms with E-state index in [1.54, 1.807) is 0 Å². The molecule has 3 nitrogen and oxygen atoms in total. The number of nitrogens with zero attached hydrogens (tertiary/aromatic N) is 1. The summed E-state index contributed by atoms with van der Waals surface area (Å²) in [7, 11) is 0. The number of benzene rings is 1. The first-order valence-corrected chi connectivity index (χ1v) is 6.26. The van der Waals surface area contributed by atoms with Crippen LogP contribution in [0.2, 0.25) is 0 Å². The van der Waals surface area contributed by atoms with E-state index in [4.69, 9.17) is 0 Å². The zero-order chi connectivity index (χ0) is 12.4. The van der Waals surface area contributed by atoms with Crippen LogP contribution < -0.4 is 5.32 Å². The molecule has 1 aromatic rings. The molecule has 1 aromatic carbocycles. The molecule has 1 N–H and O–H groups in total. The maximum absolute atomic E-state index is 12.2. The Hall–Kier alpha value is -1.51. The molecule has 0 fully saturated rings. The Balaban J connectivity index is 2.34. The molecule has 0 saturated heterocycles. The van der Waals surface area contributed by atoms with Gasteiger partial charge in [0, 0.05) is 18.8 Å². The van der Waals surface area contributed by atoms with E-state index in [1.165, 1.54) is 11.1 Å². The van der Waals surface area contributed by atoms with Crippen molar-refractivity contribution in [3.8, 4) is 0 Å². The number of carbonyl (C=O) groups is 1. The number of fused-ring (bicyclic) bond motifs is 1. The molecule has 1 aliphatic rings. The first kappa shape index (κ1) is 12.0. The van der Waals surface area contributed by atoms with Crippen molar-refractivity contribution in [2.24, 2.45) is 0 Å². The third-order valence-corrected chi connectivity index (χ3v) is 3.17. The Bertz CT molecular complexity index is 428. The number of rotatable bonds is 2. The van der Waals surface area contributed by atoms with Crippen molar-refractivity contribution < 1.29 is 4.79 Å². The monoisotopic (exact) mass is 232 g/mol. The number of carbonyl (C=O) groups excluding carboxylic acids is 1. The van der Waals surface area contributed by atoms with Crippen molar-refractivity contribution in [1.29, 1.82) is 0 Å². The molecule has 0 aliphatic carbocycles. The average Bonchev–Trinajstić information content (AvgIpc) is 2.40. The zero-order valence-corrected chi connectivity index (χ0v) is 10.8. The largest absolute Gasteiger partial charge is 0.374 e. The molecule has 0 radical (unpaired) electrons. The molecule has 1 aliphatic heterocycles. The smallest absolute Gasteiger partial charge is 0.245 e. The lowest BCUT2D eigenvalue weighted by Crippen LogP contribution is -2.39. The normalized spacial score (nSPS) is 19.6. The topological polar surface area (TPSA) is 32.3 Å². The number of aryl methyl sites for hydroxylation is 1. The maximum Gasteiger partial charge on any atom is 0.245 e. The highest BCUT2D eigenvalue weighted by Crippen LogP contribution is 2.24. The molecular formula is C14H20N2O. The lowest BCUT2D eigenvalue weighted by atomic mass is 10.1. The van der Waals surface area contributed by atoms with Gasteiger partial charge in [-0.15, -0.1) is 0 Å². The molecule has 0 saturated carbocycles. The minimum absolute atomic E-state index is 0.134. The van der Waals surface area contributed by atoms with Crippen LogP contribution in [-0.2, 0) is 11.3 Å². The number of nitrogens with one attached hydrogen (secondary N) is 1. The number of anilines is 1. The average molecular weight is 232 g/mol. The summed E-state index contributed by atoms with van der Waals surface area (Å²) in [4.78, 5) is 14.1. The highest BCUT2D eigenvalue weighted by molar-refractivity contribution is 5.86. The minimum Gasteiger partial charge on any atom is -0.374 e. The molecule has 92 valence electrons. The quantitative estimate of drug-likeness (QED) is 0.850. The fourth-order valence-electron chi connectivity index (χ4n) is 2.31. The summed E-state index contributed by atoms with van der Waals surface area (Å²) in [5, 5.41) is 3.30. The van der Waals surface area contributed by atoms with Crippen LogP contribution in [0.15, 0.2) is 18.2 Å². The van der Waals surface area contributed by atoms with Crippen LogP contribution in [0.3, 0.4) is 0 Å². The highest BCUT2D eigenvalue weighted by atomic mass is 16.2. The second-order valence-corrected chi connectivity index (χ2v) is 4.79. The predicted molar refractivity (Wildman–Crippen MR) is 70.0 cm³/mol.